The van der Waals surface area contributed by atoms with Crippen molar-refractivity contribution in [3.63, 3.8) is 0 Å². The Morgan fingerprint density at radius 1 is 1.20 bits per heavy atom. The molecule has 1 heterocycles. The zero-order valence-corrected chi connectivity index (χ0v) is 12.5. The summed E-state index contributed by atoms with van der Waals surface area (Å²) in [5.74, 6) is -0.163. The second-order valence-corrected chi connectivity index (χ2v) is 5.67. The predicted octanol–water partition coefficient (Wildman–Crippen LogP) is 5.07. The van der Waals surface area contributed by atoms with E-state index >= 15 is 0 Å². The average molecular weight is 356 g/mol. The van der Waals surface area contributed by atoms with E-state index in [2.05, 4.69) is 15.9 Å². The Morgan fingerprint density at radius 3 is 2.70 bits per heavy atom. The van der Waals surface area contributed by atoms with E-state index in [1.165, 1.54) is 6.07 Å². The SMILES string of the molecule is OC(c1cc2cccc(F)c2o1)c1ccc(Cl)cc1Br. The minimum Gasteiger partial charge on any atom is -0.455 e. The number of benzene rings is 2. The summed E-state index contributed by atoms with van der Waals surface area (Å²) in [6.45, 7) is 0. The molecule has 3 aromatic rings. The summed E-state index contributed by atoms with van der Waals surface area (Å²) < 4.78 is 19.7. The van der Waals surface area contributed by atoms with Crippen LogP contribution in [0.15, 0.2) is 51.4 Å². The van der Waals surface area contributed by atoms with Crippen molar-refractivity contribution in [3.8, 4) is 0 Å². The smallest absolute Gasteiger partial charge is 0.170 e. The van der Waals surface area contributed by atoms with Gasteiger partial charge in [0.15, 0.2) is 11.4 Å². The summed E-state index contributed by atoms with van der Waals surface area (Å²) >= 11 is 9.21. The number of halogens is 3. The molecule has 5 heteroatoms. The van der Waals surface area contributed by atoms with Crippen molar-refractivity contribution in [1.29, 1.82) is 0 Å². The zero-order chi connectivity index (χ0) is 14.3. The number of aliphatic hydroxyl groups is 1. The van der Waals surface area contributed by atoms with Gasteiger partial charge in [-0.1, -0.05) is 45.7 Å². The molecule has 2 nitrogen and oxygen atoms in total. The van der Waals surface area contributed by atoms with Crippen LogP contribution in [0.3, 0.4) is 0 Å². The lowest BCUT2D eigenvalue weighted by Gasteiger charge is -2.10. The molecule has 102 valence electrons. The largest absolute Gasteiger partial charge is 0.455 e. The molecule has 1 N–H and O–H groups in total. The quantitative estimate of drug-likeness (QED) is 0.696. The molecule has 0 aliphatic carbocycles. The highest BCUT2D eigenvalue weighted by molar-refractivity contribution is 9.10. The summed E-state index contributed by atoms with van der Waals surface area (Å²) in [4.78, 5) is 0. The first-order chi connectivity index (χ1) is 9.56. The van der Waals surface area contributed by atoms with Gasteiger partial charge in [0, 0.05) is 20.4 Å². The number of aliphatic hydroxyl groups excluding tert-OH is 1. The minimum atomic E-state index is -0.992. The van der Waals surface area contributed by atoms with Crippen LogP contribution in [0, 0.1) is 5.82 Å². The van der Waals surface area contributed by atoms with Crippen LogP contribution in [0.25, 0.3) is 11.0 Å². The number of fused-ring (bicyclic) bond motifs is 1. The number of para-hydroxylation sites is 1. The summed E-state index contributed by atoms with van der Waals surface area (Å²) in [5.41, 5.74) is 0.750. The van der Waals surface area contributed by atoms with Crippen LogP contribution in [0.5, 0.6) is 0 Å². The van der Waals surface area contributed by atoms with Crippen LogP contribution >= 0.6 is 27.5 Å². The average Bonchev–Trinajstić information content (AvgIpc) is 2.83. The van der Waals surface area contributed by atoms with E-state index < -0.39 is 11.9 Å². The van der Waals surface area contributed by atoms with Crippen molar-refractivity contribution in [1.82, 2.24) is 0 Å². The fourth-order valence-corrected chi connectivity index (χ4v) is 2.96. The van der Waals surface area contributed by atoms with E-state index in [9.17, 15) is 9.50 Å². The zero-order valence-electron chi connectivity index (χ0n) is 10.1. The highest BCUT2D eigenvalue weighted by atomic mass is 79.9. The Hall–Kier alpha value is -1.36. The highest BCUT2D eigenvalue weighted by Crippen LogP contribution is 2.33. The lowest BCUT2D eigenvalue weighted by atomic mass is 10.1. The van der Waals surface area contributed by atoms with Crippen molar-refractivity contribution < 1.29 is 13.9 Å². The summed E-state index contributed by atoms with van der Waals surface area (Å²) in [7, 11) is 0. The molecular weight excluding hydrogens is 347 g/mol. The molecule has 1 aromatic heterocycles. The van der Waals surface area contributed by atoms with Crippen LogP contribution in [0.4, 0.5) is 4.39 Å². The maximum absolute atomic E-state index is 13.6. The Labute approximate surface area is 127 Å². The van der Waals surface area contributed by atoms with Crippen molar-refractivity contribution in [3.05, 3.63) is 69.1 Å². The molecule has 0 saturated heterocycles. The molecule has 1 atom stereocenters. The van der Waals surface area contributed by atoms with E-state index in [4.69, 9.17) is 16.0 Å². The topological polar surface area (TPSA) is 33.4 Å². The fraction of sp³-hybridized carbons (Fsp3) is 0.0667. The molecule has 0 bridgehead atoms. The van der Waals surface area contributed by atoms with Crippen molar-refractivity contribution in [2.24, 2.45) is 0 Å². The third kappa shape index (κ3) is 2.35. The molecule has 0 amide bonds. The van der Waals surface area contributed by atoms with Crippen LogP contribution < -0.4 is 0 Å². The molecule has 0 spiro atoms. The van der Waals surface area contributed by atoms with Crippen molar-refractivity contribution >= 4 is 38.5 Å². The van der Waals surface area contributed by atoms with E-state index in [-0.39, 0.29) is 11.3 Å². The molecule has 0 aliphatic heterocycles. The molecule has 3 rings (SSSR count). The number of hydrogen-bond donors (Lipinski definition) is 1. The summed E-state index contributed by atoms with van der Waals surface area (Å²) in [6, 6.07) is 11.3. The molecule has 0 aliphatic rings. The molecular formula is C15H9BrClFO2. The standard InChI is InChI=1S/C15H9BrClFO2/c16-11-7-9(17)4-5-10(11)14(19)13-6-8-2-1-3-12(18)15(8)20-13/h1-7,14,19H. The molecule has 1 unspecified atom stereocenters. The fourth-order valence-electron chi connectivity index (χ4n) is 2.06. The van der Waals surface area contributed by atoms with Gasteiger partial charge in [-0.05, 0) is 24.3 Å². The second-order valence-electron chi connectivity index (χ2n) is 4.38. The van der Waals surface area contributed by atoms with Gasteiger partial charge >= 0.3 is 0 Å². The Balaban J connectivity index is 2.08. The van der Waals surface area contributed by atoms with Gasteiger partial charge in [0.05, 0.1) is 0 Å². The lowest BCUT2D eigenvalue weighted by molar-refractivity contribution is 0.191. The van der Waals surface area contributed by atoms with E-state index in [1.807, 2.05) is 0 Å². The van der Waals surface area contributed by atoms with Gasteiger partial charge in [-0.25, -0.2) is 4.39 Å². The van der Waals surface area contributed by atoms with Crippen molar-refractivity contribution in [2.45, 2.75) is 6.10 Å². The molecule has 0 saturated carbocycles. The van der Waals surface area contributed by atoms with Crippen LogP contribution in [-0.2, 0) is 0 Å². The monoisotopic (exact) mass is 354 g/mol. The van der Waals surface area contributed by atoms with E-state index in [0.29, 0.717) is 20.4 Å². The van der Waals surface area contributed by atoms with E-state index in [1.54, 1.807) is 36.4 Å². The minimum absolute atomic E-state index is 0.145. The number of rotatable bonds is 2. The van der Waals surface area contributed by atoms with Gasteiger partial charge in [0.2, 0.25) is 0 Å². The molecule has 0 fully saturated rings. The van der Waals surface area contributed by atoms with Gasteiger partial charge in [-0.3, -0.25) is 0 Å². The van der Waals surface area contributed by atoms with Gasteiger partial charge in [-0.15, -0.1) is 0 Å². The first-order valence-electron chi connectivity index (χ1n) is 5.87. The van der Waals surface area contributed by atoms with Gasteiger partial charge < -0.3 is 9.52 Å². The first kappa shape index (κ1) is 13.6. The van der Waals surface area contributed by atoms with Crippen LogP contribution in [0.1, 0.15) is 17.4 Å². The maximum Gasteiger partial charge on any atom is 0.170 e. The summed E-state index contributed by atoms with van der Waals surface area (Å²) in [6.07, 6.45) is -0.992. The third-order valence-electron chi connectivity index (χ3n) is 3.04. The number of hydrogen-bond acceptors (Lipinski definition) is 2. The van der Waals surface area contributed by atoms with E-state index in [0.717, 1.165) is 0 Å². The second kappa shape index (κ2) is 5.20. The van der Waals surface area contributed by atoms with Gasteiger partial charge in [0.1, 0.15) is 11.9 Å². The normalized spacial score (nSPS) is 12.8. The van der Waals surface area contributed by atoms with Crippen LogP contribution in [-0.4, -0.2) is 5.11 Å². The van der Waals surface area contributed by atoms with Crippen molar-refractivity contribution in [2.75, 3.05) is 0 Å². The van der Waals surface area contributed by atoms with Crippen LogP contribution in [0.2, 0.25) is 5.02 Å². The molecule has 20 heavy (non-hydrogen) atoms. The van der Waals surface area contributed by atoms with Gasteiger partial charge in [0.25, 0.3) is 0 Å². The predicted molar refractivity (Wildman–Crippen MR) is 79.4 cm³/mol. The summed E-state index contributed by atoms with van der Waals surface area (Å²) in [5, 5.41) is 11.5. The Kier molecular flexibility index (Phi) is 3.54. The maximum atomic E-state index is 13.6. The number of furan rings is 1. The Morgan fingerprint density at radius 2 is 2.00 bits per heavy atom. The van der Waals surface area contributed by atoms with Gasteiger partial charge in [-0.2, -0.15) is 0 Å². The first-order valence-corrected chi connectivity index (χ1v) is 7.04. The molecule has 2 aromatic carbocycles. The lowest BCUT2D eigenvalue weighted by Crippen LogP contribution is -1.98. The third-order valence-corrected chi connectivity index (χ3v) is 3.96. The highest BCUT2D eigenvalue weighted by Gasteiger charge is 2.19. The Bertz CT molecular complexity index is 785. The molecule has 0 radical (unpaired) electrons.